The first-order valence-electron chi connectivity index (χ1n) is 3.65. The van der Waals surface area contributed by atoms with Gasteiger partial charge >= 0.3 is 0 Å². The molecular formula is C11H18. The van der Waals surface area contributed by atoms with Gasteiger partial charge in [0.25, 0.3) is 0 Å². The summed E-state index contributed by atoms with van der Waals surface area (Å²) in [5, 5.41) is 0. The van der Waals surface area contributed by atoms with Crippen molar-refractivity contribution in [2.75, 3.05) is 0 Å². The summed E-state index contributed by atoms with van der Waals surface area (Å²) in [6.07, 6.45) is 10.9. The summed E-state index contributed by atoms with van der Waals surface area (Å²) in [5.74, 6) is 0. The molecule has 0 aromatic heterocycles. The molecule has 0 radical (unpaired) electrons. The summed E-state index contributed by atoms with van der Waals surface area (Å²) in [7, 11) is 0. The van der Waals surface area contributed by atoms with Gasteiger partial charge < -0.3 is 0 Å². The summed E-state index contributed by atoms with van der Waals surface area (Å²) in [5.41, 5.74) is 1.55. The topological polar surface area (TPSA) is 0 Å². The standard InChI is InChI=1S/C10H14.CH4/c1-9-5-4-7-10(2,3)8-6-9;/h4-8H,1-3H3;1H4. The Hall–Kier alpha value is -0.780. The Labute approximate surface area is 70.3 Å². The molecule has 0 amide bonds. The molecule has 0 aliphatic heterocycles. The molecule has 0 spiro atoms. The normalized spacial score (nSPS) is 20.1. The molecule has 1 aliphatic rings. The van der Waals surface area contributed by atoms with Crippen LogP contribution in [0.3, 0.4) is 0 Å². The fraction of sp³-hybridized carbons (Fsp3) is 0.455. The van der Waals surface area contributed by atoms with E-state index < -0.39 is 0 Å². The summed E-state index contributed by atoms with van der Waals surface area (Å²) in [4.78, 5) is 0. The fourth-order valence-corrected chi connectivity index (χ4v) is 0.905. The van der Waals surface area contributed by atoms with Gasteiger partial charge in [-0.25, -0.2) is 0 Å². The van der Waals surface area contributed by atoms with E-state index in [9.17, 15) is 0 Å². The molecule has 0 heteroatoms. The van der Waals surface area contributed by atoms with Crippen LogP contribution in [0.5, 0.6) is 0 Å². The van der Waals surface area contributed by atoms with Gasteiger partial charge in [0, 0.05) is 5.41 Å². The summed E-state index contributed by atoms with van der Waals surface area (Å²) < 4.78 is 0. The molecule has 0 atom stereocenters. The van der Waals surface area contributed by atoms with E-state index in [0.29, 0.717) is 0 Å². The molecule has 11 heavy (non-hydrogen) atoms. The highest BCUT2D eigenvalue weighted by molar-refractivity contribution is 5.29. The second kappa shape index (κ2) is 3.56. The Bertz CT molecular complexity index is 202. The van der Waals surface area contributed by atoms with Crippen LogP contribution in [0.15, 0.2) is 36.0 Å². The minimum Gasteiger partial charge on any atom is -0.0776 e. The molecule has 62 valence electrons. The van der Waals surface area contributed by atoms with Gasteiger partial charge in [-0.2, -0.15) is 0 Å². The molecule has 0 aromatic rings. The summed E-state index contributed by atoms with van der Waals surface area (Å²) >= 11 is 0. The molecule has 0 aromatic carbocycles. The maximum absolute atomic E-state index is 2.22. The zero-order valence-corrected chi connectivity index (χ0v) is 6.89. The first-order chi connectivity index (χ1) is 4.60. The van der Waals surface area contributed by atoms with Gasteiger partial charge in [-0.1, -0.05) is 57.2 Å². The molecule has 0 N–H and O–H groups in total. The zero-order chi connectivity index (χ0) is 7.61. The number of hydrogen-bond donors (Lipinski definition) is 0. The van der Waals surface area contributed by atoms with E-state index in [1.54, 1.807) is 0 Å². The van der Waals surface area contributed by atoms with Crippen LogP contribution in [0.4, 0.5) is 0 Å². The quantitative estimate of drug-likeness (QED) is 0.493. The van der Waals surface area contributed by atoms with Crippen LogP contribution >= 0.6 is 0 Å². The molecule has 0 saturated heterocycles. The van der Waals surface area contributed by atoms with E-state index in [4.69, 9.17) is 0 Å². The Morgan fingerprint density at radius 3 is 2.45 bits per heavy atom. The second-order valence-corrected chi connectivity index (χ2v) is 3.42. The third kappa shape index (κ3) is 3.22. The monoisotopic (exact) mass is 150 g/mol. The van der Waals surface area contributed by atoms with Crippen molar-refractivity contribution in [2.24, 2.45) is 5.41 Å². The van der Waals surface area contributed by atoms with Crippen molar-refractivity contribution < 1.29 is 0 Å². The second-order valence-electron chi connectivity index (χ2n) is 3.42. The van der Waals surface area contributed by atoms with Crippen molar-refractivity contribution in [1.29, 1.82) is 0 Å². The van der Waals surface area contributed by atoms with Gasteiger partial charge in [0.1, 0.15) is 0 Å². The van der Waals surface area contributed by atoms with E-state index >= 15 is 0 Å². The molecular weight excluding hydrogens is 132 g/mol. The van der Waals surface area contributed by atoms with E-state index in [0.717, 1.165) is 0 Å². The Morgan fingerprint density at radius 2 is 1.82 bits per heavy atom. The van der Waals surface area contributed by atoms with Crippen molar-refractivity contribution in [3.05, 3.63) is 36.0 Å². The van der Waals surface area contributed by atoms with Gasteiger partial charge in [-0.15, -0.1) is 0 Å². The van der Waals surface area contributed by atoms with Gasteiger partial charge in [0.15, 0.2) is 0 Å². The maximum atomic E-state index is 2.22. The van der Waals surface area contributed by atoms with E-state index in [1.165, 1.54) is 5.57 Å². The zero-order valence-electron chi connectivity index (χ0n) is 6.89. The average molecular weight is 150 g/mol. The first-order valence-corrected chi connectivity index (χ1v) is 3.65. The molecule has 1 aliphatic carbocycles. The Kier molecular flexibility index (Phi) is 3.31. The van der Waals surface area contributed by atoms with Crippen molar-refractivity contribution >= 4 is 0 Å². The van der Waals surface area contributed by atoms with Crippen molar-refractivity contribution in [3.63, 3.8) is 0 Å². The van der Waals surface area contributed by atoms with Gasteiger partial charge in [-0.05, 0) is 6.92 Å². The van der Waals surface area contributed by atoms with Gasteiger partial charge in [0.05, 0.1) is 0 Å². The molecule has 0 fully saturated rings. The lowest BCUT2D eigenvalue weighted by atomic mass is 9.93. The molecule has 0 bridgehead atoms. The van der Waals surface area contributed by atoms with E-state index in [-0.39, 0.29) is 12.8 Å². The van der Waals surface area contributed by atoms with Crippen LogP contribution in [-0.4, -0.2) is 0 Å². The third-order valence-corrected chi connectivity index (χ3v) is 1.66. The SMILES string of the molecule is C.CC1=CC=CC(C)(C)C=C1. The van der Waals surface area contributed by atoms with Crippen molar-refractivity contribution in [1.82, 2.24) is 0 Å². The average Bonchev–Trinajstić information content (AvgIpc) is 1.94. The Balaban J connectivity index is 0.000001000. The van der Waals surface area contributed by atoms with Crippen molar-refractivity contribution in [3.8, 4) is 0 Å². The predicted molar refractivity (Wildman–Crippen MR) is 52.5 cm³/mol. The lowest BCUT2D eigenvalue weighted by Crippen LogP contribution is -2.00. The smallest absolute Gasteiger partial charge is 0.00107 e. The Morgan fingerprint density at radius 1 is 1.18 bits per heavy atom. The maximum Gasteiger partial charge on any atom is 0.00107 e. The van der Waals surface area contributed by atoms with Gasteiger partial charge in [0.2, 0.25) is 0 Å². The fourth-order valence-electron chi connectivity index (χ4n) is 0.905. The van der Waals surface area contributed by atoms with Crippen LogP contribution in [0.2, 0.25) is 0 Å². The van der Waals surface area contributed by atoms with Crippen LogP contribution in [-0.2, 0) is 0 Å². The number of rotatable bonds is 0. The van der Waals surface area contributed by atoms with Crippen molar-refractivity contribution in [2.45, 2.75) is 28.2 Å². The molecule has 0 nitrogen and oxygen atoms in total. The first kappa shape index (κ1) is 10.2. The summed E-state index contributed by atoms with van der Waals surface area (Å²) in [6.45, 7) is 6.52. The molecule has 1 rings (SSSR count). The minimum atomic E-state index is 0. The van der Waals surface area contributed by atoms with E-state index in [2.05, 4.69) is 51.2 Å². The van der Waals surface area contributed by atoms with Crippen LogP contribution in [0, 0.1) is 5.41 Å². The molecule has 0 unspecified atom stereocenters. The lowest BCUT2D eigenvalue weighted by Gasteiger charge is -2.12. The lowest BCUT2D eigenvalue weighted by molar-refractivity contribution is 0.627. The number of hydrogen-bond acceptors (Lipinski definition) is 0. The molecule has 0 saturated carbocycles. The van der Waals surface area contributed by atoms with Crippen LogP contribution < -0.4 is 0 Å². The predicted octanol–water partition coefficient (Wildman–Crippen LogP) is 3.72. The number of allylic oxidation sites excluding steroid dienone is 6. The molecule has 0 heterocycles. The minimum absolute atomic E-state index is 0. The van der Waals surface area contributed by atoms with Crippen LogP contribution in [0.1, 0.15) is 28.2 Å². The third-order valence-electron chi connectivity index (χ3n) is 1.66. The largest absolute Gasteiger partial charge is 0.0776 e. The van der Waals surface area contributed by atoms with Crippen LogP contribution in [0.25, 0.3) is 0 Å². The summed E-state index contributed by atoms with van der Waals surface area (Å²) in [6, 6.07) is 0. The van der Waals surface area contributed by atoms with Gasteiger partial charge in [-0.3, -0.25) is 0 Å². The highest BCUT2D eigenvalue weighted by Gasteiger charge is 2.08. The highest BCUT2D eigenvalue weighted by atomic mass is 14.1. The highest BCUT2D eigenvalue weighted by Crippen LogP contribution is 2.22. The van der Waals surface area contributed by atoms with E-state index in [1.807, 2.05) is 0 Å².